The van der Waals surface area contributed by atoms with Gasteiger partial charge in [0, 0.05) is 5.02 Å². The number of rotatable bonds is 1. The van der Waals surface area contributed by atoms with Crippen molar-refractivity contribution in [2.24, 2.45) is 5.73 Å². The van der Waals surface area contributed by atoms with E-state index >= 15 is 0 Å². The SMILES string of the molecule is N#CC1=C(N)Oc2nc[nH]c(=O)c2C1c1ccccc1Cl. The Morgan fingerprint density at radius 2 is 2.19 bits per heavy atom. The molecule has 1 unspecified atom stereocenters. The third-order valence-corrected chi connectivity index (χ3v) is 3.58. The topological polar surface area (TPSA) is 105 Å². The number of aromatic amines is 1. The first-order valence-electron chi connectivity index (χ1n) is 6.03. The fraction of sp³-hybridized carbons (Fsp3) is 0.0714. The number of H-pyrrole nitrogens is 1. The average Bonchev–Trinajstić information content (AvgIpc) is 2.47. The number of allylic oxidation sites excluding steroid dienone is 1. The van der Waals surface area contributed by atoms with Crippen LogP contribution in [-0.2, 0) is 0 Å². The van der Waals surface area contributed by atoms with Crippen LogP contribution in [0.4, 0.5) is 0 Å². The molecule has 0 fully saturated rings. The lowest BCUT2D eigenvalue weighted by Gasteiger charge is -2.24. The molecule has 6 nitrogen and oxygen atoms in total. The van der Waals surface area contributed by atoms with Gasteiger partial charge in [-0.25, -0.2) is 4.98 Å². The number of nitrogens with two attached hydrogens (primary N) is 1. The lowest BCUT2D eigenvalue weighted by atomic mass is 9.85. The zero-order valence-electron chi connectivity index (χ0n) is 10.6. The lowest BCUT2D eigenvalue weighted by Crippen LogP contribution is -2.28. The maximum absolute atomic E-state index is 12.1. The number of benzene rings is 1. The fourth-order valence-electron chi connectivity index (χ4n) is 2.32. The molecule has 0 saturated carbocycles. The molecule has 1 aromatic heterocycles. The average molecular weight is 301 g/mol. The molecule has 1 atom stereocenters. The number of nitrogens with zero attached hydrogens (tertiary/aromatic N) is 2. The van der Waals surface area contributed by atoms with Crippen LogP contribution < -0.4 is 16.0 Å². The second-order valence-electron chi connectivity index (χ2n) is 4.40. The first-order valence-corrected chi connectivity index (χ1v) is 6.41. The van der Waals surface area contributed by atoms with Crippen molar-refractivity contribution < 1.29 is 4.74 Å². The smallest absolute Gasteiger partial charge is 0.258 e. The van der Waals surface area contributed by atoms with Gasteiger partial charge in [0.1, 0.15) is 11.6 Å². The molecule has 2 heterocycles. The van der Waals surface area contributed by atoms with Crippen LogP contribution in [0.25, 0.3) is 0 Å². The number of ether oxygens (including phenoxy) is 1. The van der Waals surface area contributed by atoms with E-state index < -0.39 is 11.5 Å². The second kappa shape index (κ2) is 4.96. The first kappa shape index (κ1) is 13.2. The molecule has 0 amide bonds. The van der Waals surface area contributed by atoms with Crippen molar-refractivity contribution in [2.75, 3.05) is 0 Å². The Kier molecular flexibility index (Phi) is 3.12. The molecule has 104 valence electrons. The summed E-state index contributed by atoms with van der Waals surface area (Å²) in [6, 6.07) is 8.94. The van der Waals surface area contributed by atoms with Gasteiger partial charge in [-0.2, -0.15) is 5.26 Å². The van der Waals surface area contributed by atoms with Crippen LogP contribution in [0.15, 0.2) is 46.8 Å². The maximum atomic E-state index is 12.1. The summed E-state index contributed by atoms with van der Waals surface area (Å²) in [5, 5.41) is 9.79. The summed E-state index contributed by atoms with van der Waals surface area (Å²) in [5.74, 6) is -0.696. The van der Waals surface area contributed by atoms with Gasteiger partial charge in [-0.15, -0.1) is 0 Å². The highest BCUT2D eigenvalue weighted by molar-refractivity contribution is 6.31. The predicted octanol–water partition coefficient (Wildman–Crippen LogP) is 1.64. The third kappa shape index (κ3) is 2.04. The van der Waals surface area contributed by atoms with Crippen LogP contribution in [0.5, 0.6) is 5.88 Å². The van der Waals surface area contributed by atoms with Crippen LogP contribution in [-0.4, -0.2) is 9.97 Å². The Morgan fingerprint density at radius 1 is 1.43 bits per heavy atom. The highest BCUT2D eigenvalue weighted by Crippen LogP contribution is 2.40. The molecule has 21 heavy (non-hydrogen) atoms. The molecule has 0 bridgehead atoms. The van der Waals surface area contributed by atoms with E-state index in [1.54, 1.807) is 24.3 Å². The van der Waals surface area contributed by atoms with Crippen molar-refractivity contribution in [2.45, 2.75) is 5.92 Å². The summed E-state index contributed by atoms with van der Waals surface area (Å²) in [6.45, 7) is 0. The number of nitrogens with one attached hydrogen (secondary N) is 1. The maximum Gasteiger partial charge on any atom is 0.258 e. The van der Waals surface area contributed by atoms with E-state index in [0.717, 1.165) is 0 Å². The first-order chi connectivity index (χ1) is 10.1. The van der Waals surface area contributed by atoms with Crippen LogP contribution in [0.1, 0.15) is 17.0 Å². The predicted molar refractivity (Wildman–Crippen MR) is 75.6 cm³/mol. The molecule has 0 spiro atoms. The highest BCUT2D eigenvalue weighted by atomic mass is 35.5. The Balaban J connectivity index is 2.34. The number of hydrogen-bond donors (Lipinski definition) is 2. The Bertz CT molecular complexity index is 851. The molecule has 1 aliphatic rings. The molecule has 3 N–H and O–H groups in total. The Hall–Kier alpha value is -2.78. The third-order valence-electron chi connectivity index (χ3n) is 3.24. The van der Waals surface area contributed by atoms with E-state index in [-0.39, 0.29) is 22.9 Å². The number of fused-ring (bicyclic) bond motifs is 1. The van der Waals surface area contributed by atoms with Crippen LogP contribution in [0.2, 0.25) is 5.02 Å². The van der Waals surface area contributed by atoms with Crippen LogP contribution >= 0.6 is 11.6 Å². The normalized spacial score (nSPS) is 16.9. The van der Waals surface area contributed by atoms with Gasteiger partial charge in [0.05, 0.1) is 17.8 Å². The summed E-state index contributed by atoms with van der Waals surface area (Å²) in [7, 11) is 0. The van der Waals surface area contributed by atoms with Crippen molar-refractivity contribution in [1.82, 2.24) is 9.97 Å². The molecule has 0 radical (unpaired) electrons. The van der Waals surface area contributed by atoms with Crippen LogP contribution in [0, 0.1) is 11.3 Å². The highest BCUT2D eigenvalue weighted by Gasteiger charge is 2.34. The van der Waals surface area contributed by atoms with Gasteiger partial charge in [0.2, 0.25) is 11.8 Å². The van der Waals surface area contributed by atoms with E-state index in [2.05, 4.69) is 9.97 Å². The number of halogens is 1. The second-order valence-corrected chi connectivity index (χ2v) is 4.80. The molecule has 7 heteroatoms. The van der Waals surface area contributed by atoms with Gasteiger partial charge >= 0.3 is 0 Å². The lowest BCUT2D eigenvalue weighted by molar-refractivity contribution is 0.375. The van der Waals surface area contributed by atoms with E-state index in [9.17, 15) is 10.1 Å². The summed E-state index contributed by atoms with van der Waals surface area (Å²) < 4.78 is 5.27. The van der Waals surface area contributed by atoms with Crippen molar-refractivity contribution in [1.29, 1.82) is 5.26 Å². The minimum Gasteiger partial charge on any atom is -0.422 e. The fourth-order valence-corrected chi connectivity index (χ4v) is 2.56. The van der Waals surface area contributed by atoms with Crippen molar-refractivity contribution in [3.63, 3.8) is 0 Å². The summed E-state index contributed by atoms with van der Waals surface area (Å²) in [4.78, 5) is 18.6. The van der Waals surface area contributed by atoms with E-state index in [1.807, 2.05) is 6.07 Å². The standard InChI is InChI=1S/C14H9ClN4O2/c15-9-4-2-1-3-7(9)10-8(5-16)12(17)21-14-11(10)13(20)18-6-19-14/h1-4,6,10H,17H2,(H,18,19,20). The van der Waals surface area contributed by atoms with Crippen LogP contribution in [0.3, 0.4) is 0 Å². The van der Waals surface area contributed by atoms with Crippen molar-refractivity contribution in [3.05, 3.63) is 68.6 Å². The van der Waals surface area contributed by atoms with Gasteiger partial charge in [-0.1, -0.05) is 29.8 Å². The number of hydrogen-bond acceptors (Lipinski definition) is 5. The zero-order chi connectivity index (χ0) is 15.0. The molecule has 0 aliphatic carbocycles. The molecule has 2 aromatic rings. The minimum atomic E-state index is -0.704. The van der Waals surface area contributed by atoms with Gasteiger partial charge < -0.3 is 15.5 Å². The Labute approximate surface area is 124 Å². The van der Waals surface area contributed by atoms with E-state index in [0.29, 0.717) is 10.6 Å². The monoisotopic (exact) mass is 300 g/mol. The minimum absolute atomic E-state index is 0.0759. The largest absolute Gasteiger partial charge is 0.422 e. The quantitative estimate of drug-likeness (QED) is 0.833. The van der Waals surface area contributed by atoms with Crippen molar-refractivity contribution in [3.8, 4) is 11.9 Å². The van der Waals surface area contributed by atoms with E-state index in [4.69, 9.17) is 22.1 Å². The molecule has 3 rings (SSSR count). The zero-order valence-corrected chi connectivity index (χ0v) is 11.4. The van der Waals surface area contributed by atoms with Gasteiger partial charge in [0.25, 0.3) is 5.56 Å². The van der Waals surface area contributed by atoms with Gasteiger partial charge in [-0.3, -0.25) is 4.79 Å². The van der Waals surface area contributed by atoms with Crippen molar-refractivity contribution >= 4 is 11.6 Å². The summed E-state index contributed by atoms with van der Waals surface area (Å²) >= 11 is 6.20. The number of nitriles is 1. The number of aromatic nitrogens is 2. The molecule has 1 aliphatic heterocycles. The summed E-state index contributed by atoms with van der Waals surface area (Å²) in [5.41, 5.74) is 6.32. The molecular weight excluding hydrogens is 292 g/mol. The molecular formula is C14H9ClN4O2. The Morgan fingerprint density at radius 3 is 2.90 bits per heavy atom. The molecule has 0 saturated heterocycles. The molecule has 1 aromatic carbocycles. The van der Waals surface area contributed by atoms with Gasteiger partial charge in [0.15, 0.2) is 0 Å². The van der Waals surface area contributed by atoms with Gasteiger partial charge in [-0.05, 0) is 11.6 Å². The summed E-state index contributed by atoms with van der Waals surface area (Å²) in [6.07, 6.45) is 1.22. The van der Waals surface area contributed by atoms with E-state index in [1.165, 1.54) is 6.33 Å².